The SMILES string of the molecule is CCNC(=O)[C@H]1CCCN(c2nc3c(-c4cccc(OC)c4)csc3c(=O)[nH]2)C1. The third-order valence-electron chi connectivity index (χ3n) is 5.24. The molecule has 1 fully saturated rings. The average molecular weight is 413 g/mol. The lowest BCUT2D eigenvalue weighted by Gasteiger charge is -2.32. The Balaban J connectivity index is 1.71. The van der Waals surface area contributed by atoms with Gasteiger partial charge in [-0.05, 0) is 37.5 Å². The van der Waals surface area contributed by atoms with Crippen molar-refractivity contribution in [2.75, 3.05) is 31.6 Å². The molecule has 3 aromatic rings. The summed E-state index contributed by atoms with van der Waals surface area (Å²) >= 11 is 1.39. The van der Waals surface area contributed by atoms with E-state index in [-0.39, 0.29) is 17.4 Å². The van der Waals surface area contributed by atoms with Gasteiger partial charge in [-0.1, -0.05) is 12.1 Å². The molecule has 1 atom stereocenters. The van der Waals surface area contributed by atoms with Crippen LogP contribution < -0.4 is 20.5 Å². The van der Waals surface area contributed by atoms with Gasteiger partial charge in [-0.25, -0.2) is 4.98 Å². The van der Waals surface area contributed by atoms with Gasteiger partial charge in [0.1, 0.15) is 10.4 Å². The number of anilines is 1. The minimum atomic E-state index is -0.149. The van der Waals surface area contributed by atoms with Gasteiger partial charge in [0, 0.05) is 30.6 Å². The number of rotatable bonds is 5. The molecule has 1 saturated heterocycles. The number of benzene rings is 1. The normalized spacial score (nSPS) is 16.8. The van der Waals surface area contributed by atoms with Crippen LogP contribution in [0.2, 0.25) is 0 Å². The number of carbonyl (C=O) groups excluding carboxylic acids is 1. The minimum Gasteiger partial charge on any atom is -0.497 e. The number of ether oxygens (including phenoxy) is 1. The lowest BCUT2D eigenvalue weighted by molar-refractivity contribution is -0.125. The van der Waals surface area contributed by atoms with Crippen LogP contribution in [-0.4, -0.2) is 42.6 Å². The summed E-state index contributed by atoms with van der Waals surface area (Å²) in [6, 6.07) is 7.74. The average Bonchev–Trinajstić information content (AvgIpc) is 3.19. The highest BCUT2D eigenvalue weighted by atomic mass is 32.1. The first-order chi connectivity index (χ1) is 14.1. The van der Waals surface area contributed by atoms with Crippen molar-refractivity contribution in [2.24, 2.45) is 5.92 Å². The van der Waals surface area contributed by atoms with Crippen molar-refractivity contribution in [3.05, 3.63) is 40.0 Å². The number of aromatic amines is 1. The van der Waals surface area contributed by atoms with Gasteiger partial charge < -0.3 is 15.0 Å². The number of H-pyrrole nitrogens is 1. The van der Waals surface area contributed by atoms with E-state index in [1.165, 1.54) is 11.3 Å². The molecular weight excluding hydrogens is 388 g/mol. The highest BCUT2D eigenvalue weighted by Gasteiger charge is 2.27. The molecule has 0 radical (unpaired) electrons. The number of aromatic nitrogens is 2. The Morgan fingerprint density at radius 1 is 1.45 bits per heavy atom. The number of amides is 1. The largest absolute Gasteiger partial charge is 0.497 e. The zero-order valence-corrected chi connectivity index (χ0v) is 17.3. The minimum absolute atomic E-state index is 0.0632. The molecule has 8 heteroatoms. The third-order valence-corrected chi connectivity index (χ3v) is 6.21. The predicted molar refractivity (Wildman–Crippen MR) is 116 cm³/mol. The van der Waals surface area contributed by atoms with Gasteiger partial charge in [0.2, 0.25) is 11.9 Å². The van der Waals surface area contributed by atoms with E-state index in [0.29, 0.717) is 29.3 Å². The molecule has 4 rings (SSSR count). The maximum Gasteiger partial charge on any atom is 0.270 e. The molecule has 1 aliphatic heterocycles. The number of fused-ring (bicyclic) bond motifs is 1. The van der Waals surface area contributed by atoms with Crippen molar-refractivity contribution < 1.29 is 9.53 Å². The van der Waals surface area contributed by atoms with Crippen LogP contribution >= 0.6 is 11.3 Å². The molecule has 0 bridgehead atoms. The lowest BCUT2D eigenvalue weighted by Crippen LogP contribution is -2.44. The fourth-order valence-electron chi connectivity index (χ4n) is 3.76. The fraction of sp³-hybridized carbons (Fsp3) is 0.381. The maximum absolute atomic E-state index is 12.7. The summed E-state index contributed by atoms with van der Waals surface area (Å²) in [4.78, 5) is 34.7. The van der Waals surface area contributed by atoms with Gasteiger partial charge >= 0.3 is 0 Å². The van der Waals surface area contributed by atoms with Gasteiger partial charge in [-0.15, -0.1) is 11.3 Å². The van der Waals surface area contributed by atoms with Crippen molar-refractivity contribution in [3.63, 3.8) is 0 Å². The molecule has 0 saturated carbocycles. The molecule has 1 amide bonds. The molecule has 29 heavy (non-hydrogen) atoms. The Morgan fingerprint density at radius 3 is 3.10 bits per heavy atom. The van der Waals surface area contributed by atoms with Crippen molar-refractivity contribution in [2.45, 2.75) is 19.8 Å². The number of carbonyl (C=O) groups is 1. The second-order valence-corrected chi connectivity index (χ2v) is 8.01. The first kappa shape index (κ1) is 19.4. The molecule has 1 aliphatic rings. The Labute approximate surface area is 172 Å². The molecule has 0 aliphatic carbocycles. The summed E-state index contributed by atoms with van der Waals surface area (Å²) in [5.41, 5.74) is 2.40. The predicted octanol–water partition coefficient (Wildman–Crippen LogP) is 3.01. The Kier molecular flexibility index (Phi) is 5.53. The zero-order chi connectivity index (χ0) is 20.4. The summed E-state index contributed by atoms with van der Waals surface area (Å²) in [7, 11) is 1.63. The first-order valence-electron chi connectivity index (χ1n) is 9.79. The zero-order valence-electron chi connectivity index (χ0n) is 16.5. The number of thiophene rings is 1. The van der Waals surface area contributed by atoms with Crippen LogP contribution in [0.1, 0.15) is 19.8 Å². The number of nitrogens with zero attached hydrogens (tertiary/aromatic N) is 2. The van der Waals surface area contributed by atoms with E-state index < -0.39 is 0 Å². The quantitative estimate of drug-likeness (QED) is 0.673. The molecule has 1 aromatic carbocycles. The van der Waals surface area contributed by atoms with Crippen LogP contribution in [0.15, 0.2) is 34.4 Å². The van der Waals surface area contributed by atoms with Crippen molar-refractivity contribution in [3.8, 4) is 16.9 Å². The number of hydrogen-bond donors (Lipinski definition) is 2. The van der Waals surface area contributed by atoms with E-state index in [1.807, 2.05) is 41.5 Å². The first-order valence-corrected chi connectivity index (χ1v) is 10.7. The van der Waals surface area contributed by atoms with E-state index in [0.717, 1.165) is 36.3 Å². The Bertz CT molecular complexity index is 1090. The summed E-state index contributed by atoms with van der Waals surface area (Å²) in [5, 5.41) is 4.85. The van der Waals surface area contributed by atoms with Gasteiger partial charge in [-0.3, -0.25) is 14.6 Å². The second-order valence-electron chi connectivity index (χ2n) is 7.13. The van der Waals surface area contributed by atoms with Crippen LogP contribution in [0.4, 0.5) is 5.95 Å². The number of nitrogens with one attached hydrogen (secondary N) is 2. The number of hydrogen-bond acceptors (Lipinski definition) is 6. The van der Waals surface area contributed by atoms with Gasteiger partial charge in [0.25, 0.3) is 5.56 Å². The van der Waals surface area contributed by atoms with E-state index >= 15 is 0 Å². The van der Waals surface area contributed by atoms with Gasteiger partial charge in [0.15, 0.2) is 0 Å². The molecule has 3 heterocycles. The fourth-order valence-corrected chi connectivity index (χ4v) is 4.67. The Hall–Kier alpha value is -2.87. The van der Waals surface area contributed by atoms with Crippen molar-refractivity contribution in [1.82, 2.24) is 15.3 Å². The smallest absolute Gasteiger partial charge is 0.270 e. The van der Waals surface area contributed by atoms with Crippen LogP contribution in [0.5, 0.6) is 5.75 Å². The molecular formula is C21H24N4O3S. The monoisotopic (exact) mass is 412 g/mol. The summed E-state index contributed by atoms with van der Waals surface area (Å²) in [6.45, 7) is 3.86. The number of methoxy groups -OCH3 is 1. The van der Waals surface area contributed by atoms with E-state index in [9.17, 15) is 9.59 Å². The van der Waals surface area contributed by atoms with E-state index in [2.05, 4.69) is 10.3 Å². The summed E-state index contributed by atoms with van der Waals surface area (Å²) < 4.78 is 5.93. The summed E-state index contributed by atoms with van der Waals surface area (Å²) in [5.74, 6) is 1.25. The van der Waals surface area contributed by atoms with Crippen LogP contribution in [-0.2, 0) is 4.79 Å². The van der Waals surface area contributed by atoms with E-state index in [1.54, 1.807) is 7.11 Å². The van der Waals surface area contributed by atoms with Crippen LogP contribution in [0.25, 0.3) is 21.3 Å². The summed E-state index contributed by atoms with van der Waals surface area (Å²) in [6.07, 6.45) is 1.73. The highest BCUT2D eigenvalue weighted by molar-refractivity contribution is 7.17. The topological polar surface area (TPSA) is 87.3 Å². The number of piperidine rings is 1. The van der Waals surface area contributed by atoms with Crippen LogP contribution in [0.3, 0.4) is 0 Å². The van der Waals surface area contributed by atoms with Crippen molar-refractivity contribution >= 4 is 33.4 Å². The van der Waals surface area contributed by atoms with Gasteiger partial charge in [-0.2, -0.15) is 0 Å². The van der Waals surface area contributed by atoms with Crippen molar-refractivity contribution in [1.29, 1.82) is 0 Å². The van der Waals surface area contributed by atoms with Crippen LogP contribution in [0, 0.1) is 5.92 Å². The highest BCUT2D eigenvalue weighted by Crippen LogP contribution is 2.33. The lowest BCUT2D eigenvalue weighted by atomic mass is 9.97. The Morgan fingerprint density at radius 2 is 2.31 bits per heavy atom. The molecule has 152 valence electrons. The molecule has 7 nitrogen and oxygen atoms in total. The molecule has 0 unspecified atom stereocenters. The second kappa shape index (κ2) is 8.24. The van der Waals surface area contributed by atoms with E-state index in [4.69, 9.17) is 9.72 Å². The molecule has 2 N–H and O–H groups in total. The van der Waals surface area contributed by atoms with Gasteiger partial charge in [0.05, 0.1) is 18.5 Å². The molecule has 2 aromatic heterocycles. The molecule has 0 spiro atoms. The maximum atomic E-state index is 12.7. The standard InChI is InChI=1S/C21H24N4O3S/c1-3-22-19(26)14-7-5-9-25(11-14)21-23-17-16(12-29-18(17)20(27)24-21)13-6-4-8-15(10-13)28-2/h4,6,8,10,12,14H,3,5,7,9,11H2,1-2H3,(H,22,26)(H,23,24,27)/t14-/m0/s1. The third kappa shape index (κ3) is 3.85.